The van der Waals surface area contributed by atoms with Crippen LogP contribution >= 0.6 is 0 Å². The van der Waals surface area contributed by atoms with Gasteiger partial charge in [-0.15, -0.1) is 0 Å². The van der Waals surface area contributed by atoms with Crippen LogP contribution in [0.5, 0.6) is 0 Å². The van der Waals surface area contributed by atoms with E-state index in [0.29, 0.717) is 58.9 Å². The van der Waals surface area contributed by atoms with Gasteiger partial charge in [0.25, 0.3) is 0 Å². The summed E-state index contributed by atoms with van der Waals surface area (Å²) < 4.78 is 33.0. The predicted molar refractivity (Wildman–Crippen MR) is 257 cm³/mol. The number of allylic oxidation sites excluding steroid dienone is 6. The molecule has 0 amide bonds. The van der Waals surface area contributed by atoms with Gasteiger partial charge in [-0.1, -0.05) is 95.6 Å². The fourth-order valence-electron chi connectivity index (χ4n) is 8.36. The van der Waals surface area contributed by atoms with Crippen LogP contribution < -0.4 is 0 Å². The molecule has 64 heavy (non-hydrogen) atoms. The Morgan fingerprint density at radius 1 is 0.625 bits per heavy atom. The van der Waals surface area contributed by atoms with E-state index in [-0.39, 0.29) is 72.2 Å². The van der Waals surface area contributed by atoms with Crippen molar-refractivity contribution in [1.82, 2.24) is 0 Å². The summed E-state index contributed by atoms with van der Waals surface area (Å²) in [5.74, 6) is 0.725. The minimum atomic E-state index is -0.381. The van der Waals surface area contributed by atoms with E-state index in [9.17, 15) is 24.6 Å². The lowest BCUT2D eigenvalue weighted by atomic mass is 9.84. The Hall–Kier alpha value is -2.41. The monoisotopic (exact) mass is 907 g/mol. The van der Waals surface area contributed by atoms with E-state index in [1.807, 2.05) is 33.8 Å². The largest absolute Gasteiger partial charge is 0.463 e. The van der Waals surface area contributed by atoms with E-state index in [1.54, 1.807) is 6.08 Å². The van der Waals surface area contributed by atoms with Crippen molar-refractivity contribution in [3.05, 3.63) is 36.5 Å². The summed E-state index contributed by atoms with van der Waals surface area (Å²) in [5, 5.41) is 20.3. The second-order valence-electron chi connectivity index (χ2n) is 18.2. The van der Waals surface area contributed by atoms with E-state index in [2.05, 4.69) is 38.2 Å². The van der Waals surface area contributed by atoms with Crippen molar-refractivity contribution in [2.75, 3.05) is 59.5 Å². The number of hydrogen-bond donors (Lipinski definition) is 2. The number of rotatable bonds is 39. The van der Waals surface area contributed by atoms with Crippen molar-refractivity contribution in [3.8, 4) is 0 Å². The minimum absolute atomic E-state index is 0.0186. The molecule has 0 aromatic heterocycles. The lowest BCUT2D eigenvalue weighted by Crippen LogP contribution is -2.23. The summed E-state index contributed by atoms with van der Waals surface area (Å²) in [5.41, 5.74) is 0. The highest BCUT2D eigenvalue weighted by Gasteiger charge is 2.41. The number of ketones is 1. The Morgan fingerprint density at radius 2 is 1.11 bits per heavy atom. The Kier molecular flexibility index (Phi) is 38.0. The van der Waals surface area contributed by atoms with Crippen LogP contribution in [0.15, 0.2) is 36.5 Å². The second-order valence-corrected chi connectivity index (χ2v) is 18.2. The summed E-state index contributed by atoms with van der Waals surface area (Å²) in [4.78, 5) is 35.2. The topological polar surface area (TPSA) is 147 Å². The molecule has 11 heteroatoms. The zero-order chi connectivity index (χ0) is 47.0. The van der Waals surface area contributed by atoms with Gasteiger partial charge < -0.3 is 38.6 Å². The standard InChI is InChI=1S/C27H50O6.C26H44O5/c1-4-5-6-9-12-16-31-18-19-32-17-15-24-23(21-28)20-26(29)25(24)13-10-7-8-11-14-27(30)33-22(2)3;1-4-5-6-9-12-18-29-20-21-30-19-17-23-15-16-25(27)24(23)13-10-7-8-11-14-26(28)31-22(2)3/h7,10,22-26,28-29H,4-6,8-9,11-21H2,1-3H3;7,10,15-16,22-24H,4-6,8-9,11-14,17-21H2,1-3H3/b;10-7-/t23-,24-,25+,26-;23-,24-/m01/s1. The summed E-state index contributed by atoms with van der Waals surface area (Å²) in [7, 11) is 0. The Labute approximate surface area is 389 Å². The average molecular weight is 907 g/mol. The number of aliphatic hydroxyl groups is 2. The first-order valence-corrected chi connectivity index (χ1v) is 25.5. The van der Waals surface area contributed by atoms with E-state index >= 15 is 0 Å². The van der Waals surface area contributed by atoms with E-state index < -0.39 is 0 Å². The molecular weight excluding hydrogens is 813 g/mol. The maximum Gasteiger partial charge on any atom is 0.306 e. The van der Waals surface area contributed by atoms with Crippen molar-refractivity contribution < 1.29 is 53.0 Å². The van der Waals surface area contributed by atoms with Crippen LogP contribution in [0.2, 0.25) is 0 Å². The molecule has 2 aliphatic rings. The van der Waals surface area contributed by atoms with Crippen LogP contribution in [-0.4, -0.2) is 106 Å². The molecule has 1 fully saturated rings. The average Bonchev–Trinajstić information content (AvgIpc) is 3.77. The normalized spacial score (nSPS) is 20.9. The molecule has 0 aliphatic heterocycles. The highest BCUT2D eigenvalue weighted by molar-refractivity contribution is 5.94. The minimum Gasteiger partial charge on any atom is -0.463 e. The molecule has 0 radical (unpaired) electrons. The molecule has 0 unspecified atom stereocenters. The van der Waals surface area contributed by atoms with Gasteiger partial charge in [0.05, 0.1) is 44.7 Å². The number of carbonyl (C=O) groups excluding carboxylic acids is 3. The number of unbranched alkanes of at least 4 members (excludes halogenated alkanes) is 10. The molecule has 0 heterocycles. The lowest BCUT2D eigenvalue weighted by molar-refractivity contribution is -0.148. The Morgan fingerprint density at radius 3 is 1.61 bits per heavy atom. The molecule has 1 saturated carbocycles. The molecule has 11 nitrogen and oxygen atoms in total. The third kappa shape index (κ3) is 31.5. The van der Waals surface area contributed by atoms with Crippen molar-refractivity contribution in [1.29, 1.82) is 0 Å². The first-order chi connectivity index (χ1) is 31.0. The molecule has 0 aromatic rings. The zero-order valence-electron chi connectivity index (χ0n) is 41.4. The quantitative estimate of drug-likeness (QED) is 0.0345. The van der Waals surface area contributed by atoms with Crippen molar-refractivity contribution in [3.63, 3.8) is 0 Å². The maximum absolute atomic E-state index is 12.2. The highest BCUT2D eigenvalue weighted by atomic mass is 16.5. The van der Waals surface area contributed by atoms with Crippen molar-refractivity contribution in [2.45, 2.75) is 195 Å². The van der Waals surface area contributed by atoms with Gasteiger partial charge in [-0.2, -0.15) is 0 Å². The Balaban J connectivity index is 0.000000641. The number of carbonyl (C=O) groups is 3. The van der Waals surface area contributed by atoms with E-state index in [4.69, 9.17) is 28.4 Å². The lowest BCUT2D eigenvalue weighted by Gasteiger charge is -2.24. The summed E-state index contributed by atoms with van der Waals surface area (Å²) in [6.45, 7) is 17.4. The van der Waals surface area contributed by atoms with Gasteiger partial charge in [0.15, 0.2) is 5.78 Å². The molecule has 2 rings (SSSR count). The molecule has 0 saturated heterocycles. The SMILES string of the molecule is CCCCCCCOCCOCC[C@H]1C=CC(=O)[C@@H]1C/C=C\CCCC(=O)OC(C)C.CCCCCCCOCCOCC[C@H]1[C@H](CO)C[C@H](O)[C@@H]1CC=CCCCC(=O)OC(C)C. The predicted octanol–water partition coefficient (Wildman–Crippen LogP) is 10.9. The number of hydrogen-bond acceptors (Lipinski definition) is 11. The molecule has 6 atom stereocenters. The van der Waals surface area contributed by atoms with Crippen molar-refractivity contribution >= 4 is 17.7 Å². The summed E-state index contributed by atoms with van der Waals surface area (Å²) >= 11 is 0. The molecule has 0 spiro atoms. The molecule has 0 bridgehead atoms. The van der Waals surface area contributed by atoms with Crippen LogP contribution in [0.25, 0.3) is 0 Å². The van der Waals surface area contributed by atoms with Gasteiger partial charge in [-0.25, -0.2) is 0 Å². The highest BCUT2D eigenvalue weighted by Crippen LogP contribution is 2.41. The molecule has 0 aromatic carbocycles. The smallest absolute Gasteiger partial charge is 0.306 e. The fraction of sp³-hybridized carbons (Fsp3) is 0.830. The van der Waals surface area contributed by atoms with Crippen LogP contribution in [0, 0.1) is 29.6 Å². The van der Waals surface area contributed by atoms with Crippen LogP contribution in [0.3, 0.4) is 0 Å². The first-order valence-electron chi connectivity index (χ1n) is 25.5. The van der Waals surface area contributed by atoms with Gasteiger partial charge in [0, 0.05) is 51.8 Å². The molecule has 2 N–H and O–H groups in total. The van der Waals surface area contributed by atoms with E-state index in [1.165, 1.54) is 51.4 Å². The van der Waals surface area contributed by atoms with Gasteiger partial charge >= 0.3 is 11.9 Å². The van der Waals surface area contributed by atoms with Crippen LogP contribution in [0.1, 0.15) is 176 Å². The molecular formula is C53H94O11. The molecule has 372 valence electrons. The van der Waals surface area contributed by atoms with Gasteiger partial charge in [0.2, 0.25) is 0 Å². The zero-order valence-corrected chi connectivity index (χ0v) is 41.4. The maximum atomic E-state index is 12.2. The van der Waals surface area contributed by atoms with Gasteiger partial charge in [-0.05, 0) is 128 Å². The van der Waals surface area contributed by atoms with Crippen LogP contribution in [0.4, 0.5) is 0 Å². The summed E-state index contributed by atoms with van der Waals surface area (Å²) in [6.07, 6.45) is 32.0. The first kappa shape index (κ1) is 59.6. The fourth-order valence-corrected chi connectivity index (χ4v) is 8.36. The molecule has 2 aliphatic carbocycles. The summed E-state index contributed by atoms with van der Waals surface area (Å²) in [6, 6.07) is 0. The number of aliphatic hydroxyl groups excluding tert-OH is 2. The van der Waals surface area contributed by atoms with Crippen LogP contribution in [-0.2, 0) is 42.8 Å². The number of esters is 2. The third-order valence-electron chi connectivity index (χ3n) is 11.9. The van der Waals surface area contributed by atoms with E-state index in [0.717, 1.165) is 77.4 Å². The van der Waals surface area contributed by atoms with Gasteiger partial charge in [0.1, 0.15) is 0 Å². The third-order valence-corrected chi connectivity index (χ3v) is 11.9. The second kappa shape index (κ2) is 40.8. The van der Waals surface area contributed by atoms with Gasteiger partial charge in [-0.3, -0.25) is 14.4 Å². The van der Waals surface area contributed by atoms with Crippen molar-refractivity contribution in [2.24, 2.45) is 29.6 Å². The number of ether oxygens (including phenoxy) is 6. The Bertz CT molecular complexity index is 1230.